The summed E-state index contributed by atoms with van der Waals surface area (Å²) in [6.45, 7) is 3.54. The summed E-state index contributed by atoms with van der Waals surface area (Å²) in [5, 5.41) is 3.25. The Morgan fingerprint density at radius 2 is 1.60 bits per heavy atom. The van der Waals surface area contributed by atoms with Crippen molar-refractivity contribution in [2.24, 2.45) is 0 Å². The predicted octanol–water partition coefficient (Wildman–Crippen LogP) is 5.42. The van der Waals surface area contributed by atoms with Gasteiger partial charge in [-0.15, -0.1) is 0 Å². The van der Waals surface area contributed by atoms with Crippen molar-refractivity contribution >= 4 is 39.1 Å². The standard InChI is InChI=1S/C31H37ClFN3O6S/c1-5-7-18-34-31(38)27(6-2)35(20-22-8-12-24(33)13-9-22)30(37)21-36(25-14-10-23(32)11-15-25)43(39,40)26-16-17-28(41-3)29(19-26)42-4/h8-17,19,27H,5-7,18,20-21H2,1-4H3,(H,34,38)/t27-/m1/s1. The molecule has 12 heteroatoms. The van der Waals surface area contributed by atoms with E-state index in [1.807, 2.05) is 6.92 Å². The van der Waals surface area contributed by atoms with Crippen LogP contribution < -0.4 is 19.1 Å². The summed E-state index contributed by atoms with van der Waals surface area (Å²) in [5.74, 6) is -0.895. The topological polar surface area (TPSA) is 105 Å². The third-order valence-corrected chi connectivity index (χ3v) is 8.84. The van der Waals surface area contributed by atoms with Crippen LogP contribution in [0.4, 0.5) is 10.1 Å². The molecular weight excluding hydrogens is 597 g/mol. The Hall–Kier alpha value is -3.83. The number of unbranched alkanes of at least 4 members (excludes halogenated alkanes) is 1. The molecule has 2 amide bonds. The summed E-state index contributed by atoms with van der Waals surface area (Å²) in [5.41, 5.74) is 0.769. The molecule has 0 aromatic heterocycles. The lowest BCUT2D eigenvalue weighted by molar-refractivity contribution is -0.140. The summed E-state index contributed by atoms with van der Waals surface area (Å²) >= 11 is 6.08. The quantitative estimate of drug-likeness (QED) is 0.224. The van der Waals surface area contributed by atoms with Crippen LogP contribution in [0, 0.1) is 5.82 Å². The molecule has 0 saturated carbocycles. The summed E-state index contributed by atoms with van der Waals surface area (Å²) in [6, 6.07) is 14.8. The Morgan fingerprint density at radius 3 is 2.19 bits per heavy atom. The first kappa shape index (κ1) is 33.7. The highest BCUT2D eigenvalue weighted by molar-refractivity contribution is 7.92. The molecule has 0 unspecified atom stereocenters. The van der Waals surface area contributed by atoms with Crippen LogP contribution in [0.1, 0.15) is 38.7 Å². The number of carbonyl (C=O) groups is 2. The van der Waals surface area contributed by atoms with Gasteiger partial charge in [-0.2, -0.15) is 0 Å². The highest BCUT2D eigenvalue weighted by Gasteiger charge is 2.34. The van der Waals surface area contributed by atoms with Gasteiger partial charge in [0.05, 0.1) is 24.8 Å². The average molecular weight is 634 g/mol. The van der Waals surface area contributed by atoms with Crippen molar-refractivity contribution in [1.82, 2.24) is 10.2 Å². The molecule has 9 nitrogen and oxygen atoms in total. The number of sulfonamides is 1. The van der Waals surface area contributed by atoms with E-state index in [1.165, 1.54) is 85.8 Å². The molecule has 0 bridgehead atoms. The van der Waals surface area contributed by atoms with Gasteiger partial charge in [-0.05, 0) is 66.9 Å². The molecule has 0 saturated heterocycles. The van der Waals surface area contributed by atoms with Crippen molar-refractivity contribution in [1.29, 1.82) is 0 Å². The molecule has 3 rings (SSSR count). The van der Waals surface area contributed by atoms with E-state index >= 15 is 0 Å². The minimum absolute atomic E-state index is 0.0380. The smallest absolute Gasteiger partial charge is 0.264 e. The molecule has 1 N–H and O–H groups in total. The average Bonchev–Trinajstić information content (AvgIpc) is 3.00. The fraction of sp³-hybridized carbons (Fsp3) is 0.355. The number of methoxy groups -OCH3 is 2. The van der Waals surface area contributed by atoms with Crippen molar-refractivity contribution in [3.8, 4) is 11.5 Å². The number of nitrogens with zero attached hydrogens (tertiary/aromatic N) is 2. The minimum Gasteiger partial charge on any atom is -0.493 e. The number of nitrogens with one attached hydrogen (secondary N) is 1. The first-order valence-electron chi connectivity index (χ1n) is 13.9. The van der Waals surface area contributed by atoms with Gasteiger partial charge >= 0.3 is 0 Å². The van der Waals surface area contributed by atoms with E-state index < -0.39 is 34.3 Å². The number of halogens is 2. The number of carbonyl (C=O) groups excluding carboxylic acids is 2. The van der Waals surface area contributed by atoms with Crippen LogP contribution in [0.3, 0.4) is 0 Å². The van der Waals surface area contributed by atoms with Gasteiger partial charge in [0, 0.05) is 24.2 Å². The Labute approximate surface area is 257 Å². The Kier molecular flexibility index (Phi) is 12.2. The summed E-state index contributed by atoms with van der Waals surface area (Å²) in [6.07, 6.45) is 1.91. The number of amides is 2. The maximum absolute atomic E-state index is 14.1. The van der Waals surface area contributed by atoms with Crippen LogP contribution in [0.2, 0.25) is 5.02 Å². The molecule has 0 aliphatic heterocycles. The second-order valence-electron chi connectivity index (χ2n) is 9.72. The highest BCUT2D eigenvalue weighted by Crippen LogP contribution is 2.32. The van der Waals surface area contributed by atoms with Crippen molar-refractivity contribution in [2.45, 2.75) is 50.6 Å². The van der Waals surface area contributed by atoms with E-state index in [0.717, 1.165) is 17.1 Å². The zero-order valence-electron chi connectivity index (χ0n) is 24.7. The van der Waals surface area contributed by atoms with E-state index in [1.54, 1.807) is 6.92 Å². The number of anilines is 1. The summed E-state index contributed by atoms with van der Waals surface area (Å²) in [7, 11) is -1.52. The predicted molar refractivity (Wildman–Crippen MR) is 164 cm³/mol. The monoisotopic (exact) mass is 633 g/mol. The van der Waals surface area contributed by atoms with E-state index in [0.29, 0.717) is 22.9 Å². The third kappa shape index (κ3) is 8.61. The number of hydrogen-bond acceptors (Lipinski definition) is 6. The van der Waals surface area contributed by atoms with Crippen LogP contribution in [0.25, 0.3) is 0 Å². The first-order valence-corrected chi connectivity index (χ1v) is 15.7. The Bertz CT molecular complexity index is 1490. The molecule has 0 aliphatic carbocycles. The molecule has 43 heavy (non-hydrogen) atoms. The van der Waals surface area contributed by atoms with Crippen LogP contribution in [0.15, 0.2) is 71.6 Å². The number of ether oxygens (including phenoxy) is 2. The van der Waals surface area contributed by atoms with E-state index in [9.17, 15) is 22.4 Å². The number of hydrogen-bond donors (Lipinski definition) is 1. The van der Waals surface area contributed by atoms with E-state index in [2.05, 4.69) is 5.32 Å². The molecule has 232 valence electrons. The zero-order valence-corrected chi connectivity index (χ0v) is 26.3. The third-order valence-electron chi connectivity index (χ3n) is 6.82. The normalized spacial score (nSPS) is 11.9. The SMILES string of the molecule is CCCCNC(=O)[C@@H](CC)N(Cc1ccc(F)cc1)C(=O)CN(c1ccc(Cl)cc1)S(=O)(=O)c1ccc(OC)c(OC)c1. The molecule has 0 spiro atoms. The molecule has 0 fully saturated rings. The van der Waals surface area contributed by atoms with Crippen molar-refractivity contribution in [3.05, 3.63) is 83.1 Å². The lowest BCUT2D eigenvalue weighted by Gasteiger charge is -2.33. The fourth-order valence-corrected chi connectivity index (χ4v) is 6.01. The molecule has 3 aromatic carbocycles. The Balaban J connectivity index is 2.06. The molecule has 3 aromatic rings. The second kappa shape index (κ2) is 15.6. The van der Waals surface area contributed by atoms with E-state index in [-0.39, 0.29) is 35.2 Å². The maximum atomic E-state index is 14.1. The van der Waals surface area contributed by atoms with Crippen LogP contribution in [0.5, 0.6) is 11.5 Å². The number of rotatable bonds is 15. The van der Waals surface area contributed by atoms with Crippen LogP contribution >= 0.6 is 11.6 Å². The van der Waals surface area contributed by atoms with Gasteiger partial charge in [0.15, 0.2) is 11.5 Å². The minimum atomic E-state index is -4.34. The van der Waals surface area contributed by atoms with Gasteiger partial charge in [0.1, 0.15) is 18.4 Å². The molecule has 0 aliphatic rings. The largest absolute Gasteiger partial charge is 0.493 e. The van der Waals surface area contributed by atoms with Crippen molar-refractivity contribution < 1.29 is 31.9 Å². The van der Waals surface area contributed by atoms with Gasteiger partial charge in [-0.3, -0.25) is 13.9 Å². The number of benzene rings is 3. The second-order valence-corrected chi connectivity index (χ2v) is 12.0. The fourth-order valence-electron chi connectivity index (χ4n) is 4.45. The molecule has 0 heterocycles. The first-order chi connectivity index (χ1) is 20.5. The molecule has 0 radical (unpaired) electrons. The lowest BCUT2D eigenvalue weighted by Crippen LogP contribution is -2.52. The zero-order chi connectivity index (χ0) is 31.6. The van der Waals surface area contributed by atoms with Gasteiger partial charge in [-0.25, -0.2) is 12.8 Å². The molecule has 1 atom stereocenters. The maximum Gasteiger partial charge on any atom is 0.264 e. The van der Waals surface area contributed by atoms with Crippen molar-refractivity contribution in [3.63, 3.8) is 0 Å². The van der Waals surface area contributed by atoms with Gasteiger partial charge in [0.2, 0.25) is 11.8 Å². The van der Waals surface area contributed by atoms with E-state index in [4.69, 9.17) is 21.1 Å². The van der Waals surface area contributed by atoms with Crippen LogP contribution in [-0.4, -0.2) is 58.5 Å². The summed E-state index contributed by atoms with van der Waals surface area (Å²) < 4.78 is 53.4. The van der Waals surface area contributed by atoms with Gasteiger partial charge < -0.3 is 19.7 Å². The Morgan fingerprint density at radius 1 is 0.953 bits per heavy atom. The van der Waals surface area contributed by atoms with Crippen molar-refractivity contribution in [2.75, 3.05) is 31.6 Å². The molecular formula is C31H37ClFN3O6S. The summed E-state index contributed by atoms with van der Waals surface area (Å²) in [4.78, 5) is 28.5. The highest BCUT2D eigenvalue weighted by atomic mass is 35.5. The van der Waals surface area contributed by atoms with Gasteiger partial charge in [-0.1, -0.05) is 44.0 Å². The van der Waals surface area contributed by atoms with Crippen LogP contribution in [-0.2, 0) is 26.2 Å². The lowest BCUT2D eigenvalue weighted by atomic mass is 10.1. The van der Waals surface area contributed by atoms with Gasteiger partial charge in [0.25, 0.3) is 10.0 Å².